The van der Waals surface area contributed by atoms with Crippen LogP contribution in [-0.4, -0.2) is 17.8 Å². The molecule has 1 aromatic carbocycles. The summed E-state index contributed by atoms with van der Waals surface area (Å²) in [7, 11) is 0. The van der Waals surface area contributed by atoms with E-state index in [4.69, 9.17) is 0 Å². The van der Waals surface area contributed by atoms with E-state index in [1.165, 1.54) is 17.7 Å². The Labute approximate surface area is 90.3 Å². The van der Waals surface area contributed by atoms with Crippen molar-refractivity contribution < 1.29 is 0 Å². The second kappa shape index (κ2) is 4.85. The van der Waals surface area contributed by atoms with Crippen molar-refractivity contribution in [3.05, 3.63) is 30.3 Å². The van der Waals surface area contributed by atoms with E-state index in [0.717, 1.165) is 12.6 Å². The average molecular weight is 207 g/mol. The molecule has 2 rings (SSSR count). The molecule has 1 fully saturated rings. The maximum atomic E-state index is 3.56. The number of thioether (sulfide) groups is 1. The maximum Gasteiger partial charge on any atom is 0.0191 e. The SMILES string of the molecule is CC(CNC1CC1)Sc1ccccc1. The molecule has 1 unspecified atom stereocenters. The Morgan fingerprint density at radius 3 is 2.71 bits per heavy atom. The van der Waals surface area contributed by atoms with E-state index in [2.05, 4.69) is 42.6 Å². The normalized spacial score (nSPS) is 18.1. The highest BCUT2D eigenvalue weighted by Gasteiger charge is 2.20. The molecule has 1 N–H and O–H groups in total. The number of nitrogens with one attached hydrogen (secondary N) is 1. The molecule has 2 heteroatoms. The van der Waals surface area contributed by atoms with Crippen molar-refractivity contribution in [3.63, 3.8) is 0 Å². The molecule has 76 valence electrons. The smallest absolute Gasteiger partial charge is 0.0191 e. The Hall–Kier alpha value is -0.470. The number of benzene rings is 1. The quantitative estimate of drug-likeness (QED) is 0.745. The zero-order valence-electron chi connectivity index (χ0n) is 8.57. The standard InChI is InChI=1S/C12H17NS/c1-10(9-13-11-7-8-11)14-12-5-3-2-4-6-12/h2-6,10-11,13H,7-9H2,1H3. The first kappa shape index (κ1) is 10.1. The largest absolute Gasteiger partial charge is 0.313 e. The third-order valence-electron chi connectivity index (χ3n) is 2.35. The molecule has 0 bridgehead atoms. The number of hydrogen-bond donors (Lipinski definition) is 1. The molecule has 0 radical (unpaired) electrons. The monoisotopic (exact) mass is 207 g/mol. The zero-order valence-corrected chi connectivity index (χ0v) is 9.39. The van der Waals surface area contributed by atoms with Crippen molar-refractivity contribution in [3.8, 4) is 0 Å². The van der Waals surface area contributed by atoms with Gasteiger partial charge >= 0.3 is 0 Å². The van der Waals surface area contributed by atoms with Crippen LogP contribution in [0.25, 0.3) is 0 Å². The van der Waals surface area contributed by atoms with Crippen LogP contribution >= 0.6 is 11.8 Å². The van der Waals surface area contributed by atoms with E-state index >= 15 is 0 Å². The zero-order chi connectivity index (χ0) is 9.80. The highest BCUT2D eigenvalue weighted by atomic mass is 32.2. The molecule has 0 spiro atoms. The van der Waals surface area contributed by atoms with Gasteiger partial charge in [-0.2, -0.15) is 0 Å². The summed E-state index contributed by atoms with van der Waals surface area (Å²) in [4.78, 5) is 1.37. The summed E-state index contributed by atoms with van der Waals surface area (Å²) in [6.45, 7) is 3.41. The lowest BCUT2D eigenvalue weighted by Gasteiger charge is -2.11. The van der Waals surface area contributed by atoms with Crippen molar-refractivity contribution in [2.75, 3.05) is 6.54 Å². The van der Waals surface area contributed by atoms with Crippen LogP contribution in [0.5, 0.6) is 0 Å². The lowest BCUT2D eigenvalue weighted by molar-refractivity contribution is 0.679. The summed E-state index contributed by atoms with van der Waals surface area (Å²) in [6.07, 6.45) is 2.76. The average Bonchev–Trinajstić information content (AvgIpc) is 3.00. The van der Waals surface area contributed by atoms with Crippen LogP contribution in [0.4, 0.5) is 0 Å². The van der Waals surface area contributed by atoms with Crippen LogP contribution in [0.2, 0.25) is 0 Å². The fourth-order valence-electron chi connectivity index (χ4n) is 1.39. The molecule has 1 aliphatic carbocycles. The van der Waals surface area contributed by atoms with Gasteiger partial charge in [-0.3, -0.25) is 0 Å². The summed E-state index contributed by atoms with van der Waals surface area (Å²) in [6, 6.07) is 11.5. The number of hydrogen-bond acceptors (Lipinski definition) is 2. The first-order valence-electron chi connectivity index (χ1n) is 5.29. The van der Waals surface area contributed by atoms with Crippen molar-refractivity contribution in [2.24, 2.45) is 0 Å². The summed E-state index contributed by atoms with van der Waals surface area (Å²) in [5, 5.41) is 4.22. The van der Waals surface area contributed by atoms with Crippen LogP contribution in [-0.2, 0) is 0 Å². The third-order valence-corrected chi connectivity index (χ3v) is 3.47. The van der Waals surface area contributed by atoms with Gasteiger partial charge in [0, 0.05) is 22.7 Å². The van der Waals surface area contributed by atoms with Crippen molar-refractivity contribution in [1.82, 2.24) is 5.32 Å². The lowest BCUT2D eigenvalue weighted by atomic mass is 10.4. The highest BCUT2D eigenvalue weighted by molar-refractivity contribution is 8.00. The molecular weight excluding hydrogens is 190 g/mol. The molecule has 1 saturated carbocycles. The van der Waals surface area contributed by atoms with E-state index in [-0.39, 0.29) is 0 Å². The summed E-state index contributed by atoms with van der Waals surface area (Å²) in [5.41, 5.74) is 0. The van der Waals surface area contributed by atoms with Gasteiger partial charge in [-0.15, -0.1) is 11.8 Å². The molecule has 1 atom stereocenters. The predicted octanol–water partition coefficient (Wildman–Crippen LogP) is 2.92. The van der Waals surface area contributed by atoms with E-state index in [0.29, 0.717) is 5.25 Å². The molecule has 0 heterocycles. The lowest BCUT2D eigenvalue weighted by Crippen LogP contribution is -2.24. The van der Waals surface area contributed by atoms with E-state index in [1.807, 2.05) is 11.8 Å². The molecule has 0 amide bonds. The van der Waals surface area contributed by atoms with Gasteiger partial charge in [0.25, 0.3) is 0 Å². The summed E-state index contributed by atoms with van der Waals surface area (Å²) < 4.78 is 0. The molecule has 1 nitrogen and oxygen atoms in total. The first-order valence-corrected chi connectivity index (χ1v) is 6.17. The first-order chi connectivity index (χ1) is 6.84. The second-order valence-electron chi connectivity index (χ2n) is 3.92. The Morgan fingerprint density at radius 1 is 1.36 bits per heavy atom. The molecular formula is C12H17NS. The maximum absolute atomic E-state index is 3.56. The van der Waals surface area contributed by atoms with Crippen LogP contribution < -0.4 is 5.32 Å². The van der Waals surface area contributed by atoms with Gasteiger partial charge in [0.05, 0.1) is 0 Å². The van der Waals surface area contributed by atoms with Crippen LogP contribution in [0.1, 0.15) is 19.8 Å². The van der Waals surface area contributed by atoms with Crippen molar-refractivity contribution in [1.29, 1.82) is 0 Å². The molecule has 0 aromatic heterocycles. The van der Waals surface area contributed by atoms with Crippen LogP contribution in [0, 0.1) is 0 Å². The van der Waals surface area contributed by atoms with Crippen LogP contribution in [0.3, 0.4) is 0 Å². The fourth-order valence-corrected chi connectivity index (χ4v) is 2.35. The molecule has 0 saturated heterocycles. The van der Waals surface area contributed by atoms with E-state index in [9.17, 15) is 0 Å². The van der Waals surface area contributed by atoms with Crippen molar-refractivity contribution >= 4 is 11.8 Å². The van der Waals surface area contributed by atoms with Crippen LogP contribution in [0.15, 0.2) is 35.2 Å². The van der Waals surface area contributed by atoms with E-state index in [1.54, 1.807) is 0 Å². The van der Waals surface area contributed by atoms with Gasteiger partial charge in [-0.25, -0.2) is 0 Å². The molecule has 1 aromatic rings. The van der Waals surface area contributed by atoms with Gasteiger partial charge in [-0.05, 0) is 25.0 Å². The predicted molar refractivity (Wildman–Crippen MR) is 62.8 cm³/mol. The minimum atomic E-state index is 0.665. The fraction of sp³-hybridized carbons (Fsp3) is 0.500. The number of rotatable bonds is 5. The third kappa shape index (κ3) is 3.35. The van der Waals surface area contributed by atoms with Gasteiger partial charge in [0.2, 0.25) is 0 Å². The molecule has 1 aliphatic rings. The molecule has 0 aliphatic heterocycles. The van der Waals surface area contributed by atoms with Crippen molar-refractivity contribution in [2.45, 2.75) is 36.0 Å². The summed E-state index contributed by atoms with van der Waals surface area (Å²) in [5.74, 6) is 0. The Balaban J connectivity index is 1.73. The highest BCUT2D eigenvalue weighted by Crippen LogP contribution is 2.24. The Kier molecular flexibility index (Phi) is 3.49. The Morgan fingerprint density at radius 2 is 2.07 bits per heavy atom. The topological polar surface area (TPSA) is 12.0 Å². The minimum Gasteiger partial charge on any atom is -0.313 e. The Bertz CT molecular complexity index is 269. The van der Waals surface area contributed by atoms with Gasteiger partial charge < -0.3 is 5.32 Å². The van der Waals surface area contributed by atoms with Gasteiger partial charge in [0.15, 0.2) is 0 Å². The second-order valence-corrected chi connectivity index (χ2v) is 5.44. The molecule has 14 heavy (non-hydrogen) atoms. The van der Waals surface area contributed by atoms with E-state index < -0.39 is 0 Å². The minimum absolute atomic E-state index is 0.665. The van der Waals surface area contributed by atoms with Gasteiger partial charge in [0.1, 0.15) is 0 Å². The van der Waals surface area contributed by atoms with Gasteiger partial charge in [-0.1, -0.05) is 25.1 Å². The summed E-state index contributed by atoms with van der Waals surface area (Å²) >= 11 is 1.95.